The SMILES string of the molecule is O=[N+]([O-])c1ccccc1-c1[c]ccc(C(F)(C(F)(F)F)C(F)(F)C(F)(F)F)c1. The van der Waals surface area contributed by atoms with Crippen LogP contribution in [0.15, 0.2) is 42.5 Å². The van der Waals surface area contributed by atoms with Gasteiger partial charge >= 0.3 is 23.9 Å². The predicted octanol–water partition coefficient (Wildman–Crippen LogP) is 5.99. The van der Waals surface area contributed by atoms with Crippen molar-refractivity contribution in [3.63, 3.8) is 0 Å². The molecule has 0 N–H and O–H groups in total. The van der Waals surface area contributed by atoms with Crippen molar-refractivity contribution in [1.82, 2.24) is 0 Å². The highest BCUT2D eigenvalue weighted by atomic mass is 19.4. The van der Waals surface area contributed by atoms with Gasteiger partial charge in [0.2, 0.25) is 0 Å². The van der Waals surface area contributed by atoms with E-state index in [0.29, 0.717) is 6.07 Å². The second-order valence-corrected chi connectivity index (χ2v) is 5.49. The Morgan fingerprint density at radius 2 is 1.43 bits per heavy atom. The number of hydrogen-bond donors (Lipinski definition) is 0. The number of alkyl halides is 9. The first kappa shape index (κ1) is 21.5. The number of benzene rings is 2. The van der Waals surface area contributed by atoms with Crippen LogP contribution < -0.4 is 0 Å². The minimum atomic E-state index is -6.87. The average Bonchev–Trinajstić information content (AvgIpc) is 2.59. The van der Waals surface area contributed by atoms with E-state index in [4.69, 9.17) is 0 Å². The fraction of sp³-hybridized carbons (Fsp3) is 0.250. The number of para-hydroxylation sites is 1. The van der Waals surface area contributed by atoms with Gasteiger partial charge in [-0.2, -0.15) is 35.1 Å². The highest BCUT2D eigenvalue weighted by molar-refractivity contribution is 5.73. The van der Waals surface area contributed by atoms with Crippen LogP contribution in [0.25, 0.3) is 11.1 Å². The Balaban J connectivity index is 2.77. The third-order valence-electron chi connectivity index (χ3n) is 3.77. The number of nitro benzene ring substituents is 1. The van der Waals surface area contributed by atoms with Crippen LogP contribution in [0.5, 0.6) is 0 Å². The summed E-state index contributed by atoms with van der Waals surface area (Å²) in [7, 11) is 0. The zero-order chi connectivity index (χ0) is 21.5. The summed E-state index contributed by atoms with van der Waals surface area (Å²) in [6.07, 6.45) is -13.5. The van der Waals surface area contributed by atoms with Crippen LogP contribution in [0.2, 0.25) is 0 Å². The molecule has 0 heterocycles. The second-order valence-electron chi connectivity index (χ2n) is 5.49. The highest BCUT2D eigenvalue weighted by Gasteiger charge is 2.81. The van der Waals surface area contributed by atoms with Crippen LogP contribution >= 0.6 is 0 Å². The Morgan fingerprint density at radius 3 is 1.93 bits per heavy atom. The van der Waals surface area contributed by atoms with E-state index in [1.165, 1.54) is 12.1 Å². The van der Waals surface area contributed by atoms with Gasteiger partial charge in [-0.05, 0) is 23.8 Å². The maximum absolute atomic E-state index is 14.5. The molecule has 0 amide bonds. The molecule has 1 unspecified atom stereocenters. The minimum Gasteiger partial charge on any atom is -0.258 e. The van der Waals surface area contributed by atoms with Gasteiger partial charge in [-0.3, -0.25) is 10.1 Å². The predicted molar refractivity (Wildman–Crippen MR) is 77.2 cm³/mol. The van der Waals surface area contributed by atoms with Gasteiger partial charge in [0.15, 0.2) is 0 Å². The summed E-state index contributed by atoms with van der Waals surface area (Å²) in [4.78, 5) is 10.0. The Labute approximate surface area is 150 Å². The lowest BCUT2D eigenvalue weighted by atomic mass is 9.86. The Bertz CT molecular complexity index is 892. The molecule has 0 bridgehead atoms. The number of hydrogen-bond acceptors (Lipinski definition) is 2. The first-order chi connectivity index (χ1) is 12.6. The summed E-state index contributed by atoms with van der Waals surface area (Å²) < 4.78 is 119. The lowest BCUT2D eigenvalue weighted by molar-refractivity contribution is -0.389. The second kappa shape index (κ2) is 6.67. The van der Waals surface area contributed by atoms with Crippen LogP contribution in [0.1, 0.15) is 5.56 Å². The van der Waals surface area contributed by atoms with Crippen LogP contribution in [-0.4, -0.2) is 23.2 Å². The molecule has 28 heavy (non-hydrogen) atoms. The van der Waals surface area contributed by atoms with Gasteiger partial charge in [-0.15, -0.1) is 0 Å². The van der Waals surface area contributed by atoms with Crippen molar-refractivity contribution in [1.29, 1.82) is 0 Å². The molecule has 0 aromatic heterocycles. The molecule has 2 rings (SSSR count). The summed E-state index contributed by atoms with van der Waals surface area (Å²) >= 11 is 0. The van der Waals surface area contributed by atoms with E-state index in [2.05, 4.69) is 6.07 Å². The van der Waals surface area contributed by atoms with E-state index in [-0.39, 0.29) is 12.1 Å². The molecule has 0 fully saturated rings. The summed E-state index contributed by atoms with van der Waals surface area (Å²) in [6.45, 7) is 0. The van der Waals surface area contributed by atoms with Gasteiger partial charge in [0.25, 0.3) is 5.69 Å². The monoisotopic (exact) mass is 416 g/mol. The molecule has 12 heteroatoms. The average molecular weight is 416 g/mol. The van der Waals surface area contributed by atoms with E-state index in [1.807, 2.05) is 0 Å². The van der Waals surface area contributed by atoms with Crippen molar-refractivity contribution < 1.29 is 44.4 Å². The highest BCUT2D eigenvalue weighted by Crippen LogP contribution is 2.58. The number of nitrogens with zero attached hydrogens (tertiary/aromatic N) is 1. The van der Waals surface area contributed by atoms with Gasteiger partial charge in [-0.1, -0.05) is 24.3 Å². The van der Waals surface area contributed by atoms with Gasteiger partial charge in [0, 0.05) is 11.6 Å². The zero-order valence-corrected chi connectivity index (χ0v) is 13.2. The molecular formula is C16H7F9NO2. The summed E-state index contributed by atoms with van der Waals surface area (Å²) in [5.41, 5.74) is -10.0. The lowest BCUT2D eigenvalue weighted by Gasteiger charge is -2.36. The number of rotatable bonds is 4. The molecule has 151 valence electrons. The van der Waals surface area contributed by atoms with E-state index < -0.39 is 51.2 Å². The third kappa shape index (κ3) is 3.27. The summed E-state index contributed by atoms with van der Waals surface area (Å²) in [5.74, 6) is -6.83. The molecule has 3 nitrogen and oxygen atoms in total. The van der Waals surface area contributed by atoms with Crippen LogP contribution in [-0.2, 0) is 5.67 Å². The molecule has 0 spiro atoms. The smallest absolute Gasteiger partial charge is 0.258 e. The molecule has 0 aliphatic heterocycles. The fourth-order valence-electron chi connectivity index (χ4n) is 2.42. The first-order valence-corrected chi connectivity index (χ1v) is 7.10. The van der Waals surface area contributed by atoms with Crippen molar-refractivity contribution >= 4 is 5.69 Å². The van der Waals surface area contributed by atoms with Crippen molar-refractivity contribution in [2.45, 2.75) is 23.9 Å². The van der Waals surface area contributed by atoms with Crippen molar-refractivity contribution in [2.75, 3.05) is 0 Å². The van der Waals surface area contributed by atoms with Crippen molar-refractivity contribution in [2.24, 2.45) is 0 Å². The fourth-order valence-corrected chi connectivity index (χ4v) is 2.42. The van der Waals surface area contributed by atoms with E-state index in [0.717, 1.165) is 12.1 Å². The largest absolute Gasteiger partial charge is 0.457 e. The summed E-state index contributed by atoms with van der Waals surface area (Å²) in [5, 5.41) is 11.0. The molecule has 2 aromatic carbocycles. The van der Waals surface area contributed by atoms with E-state index in [9.17, 15) is 49.6 Å². The van der Waals surface area contributed by atoms with Gasteiger partial charge in [0.05, 0.1) is 10.5 Å². The number of nitro groups is 1. The molecule has 2 aromatic rings. The van der Waals surface area contributed by atoms with Crippen LogP contribution in [0.3, 0.4) is 0 Å². The third-order valence-corrected chi connectivity index (χ3v) is 3.77. The van der Waals surface area contributed by atoms with E-state index in [1.54, 1.807) is 0 Å². The quantitative estimate of drug-likeness (QED) is 0.349. The molecule has 1 atom stereocenters. The minimum absolute atomic E-state index is 0.0233. The van der Waals surface area contributed by atoms with Gasteiger partial charge in [0.1, 0.15) is 0 Å². The Morgan fingerprint density at radius 1 is 0.857 bits per heavy atom. The Kier molecular flexibility index (Phi) is 5.13. The van der Waals surface area contributed by atoms with Crippen LogP contribution in [0.4, 0.5) is 45.2 Å². The Hall–Kier alpha value is -2.79. The molecule has 0 saturated heterocycles. The maximum atomic E-state index is 14.5. The van der Waals surface area contributed by atoms with Gasteiger partial charge < -0.3 is 0 Å². The van der Waals surface area contributed by atoms with Crippen molar-refractivity contribution in [3.05, 3.63) is 64.2 Å². The molecule has 1 radical (unpaired) electrons. The number of halogens is 9. The lowest BCUT2D eigenvalue weighted by Crippen LogP contribution is -2.59. The van der Waals surface area contributed by atoms with E-state index >= 15 is 0 Å². The standard InChI is InChI=1S/C16H7F9NO2/c17-13(15(20,21)22,14(18,19)16(23,24)25)10-5-3-4-9(8-10)11-6-1-2-7-12(11)26(27)28/h1-3,5-8H. The first-order valence-electron chi connectivity index (χ1n) is 7.10. The normalized spacial score (nSPS) is 15.2. The van der Waals surface area contributed by atoms with Crippen molar-refractivity contribution in [3.8, 4) is 11.1 Å². The topological polar surface area (TPSA) is 43.1 Å². The maximum Gasteiger partial charge on any atom is 0.457 e. The molecule has 0 aliphatic carbocycles. The van der Waals surface area contributed by atoms with Gasteiger partial charge in [-0.25, -0.2) is 4.39 Å². The zero-order valence-electron chi connectivity index (χ0n) is 13.2. The molecule has 0 saturated carbocycles. The summed E-state index contributed by atoms with van der Waals surface area (Å²) in [6, 6.07) is 6.98. The molecular weight excluding hydrogens is 409 g/mol. The van der Waals surface area contributed by atoms with Crippen LogP contribution in [0, 0.1) is 16.2 Å². The molecule has 0 aliphatic rings.